The number of hydrazine groups is 1. The van der Waals surface area contributed by atoms with Gasteiger partial charge in [0.15, 0.2) is 0 Å². The van der Waals surface area contributed by atoms with Crippen LogP contribution in [-0.2, 0) is 6.54 Å². The Bertz CT molecular complexity index is 183. The molecule has 3 nitrogen and oxygen atoms in total. The lowest BCUT2D eigenvalue weighted by atomic mass is 10.3. The van der Waals surface area contributed by atoms with E-state index in [1.807, 2.05) is 25.4 Å². The molecule has 54 valence electrons. The average Bonchev–Trinajstić information content (AvgIpc) is 1.88. The standard InChI is InChI=1S/C7H11N3/c1-10(8)6-7-3-2-4-9-5-7/h2-5H,6,8H2,1H3. The molecule has 0 radical (unpaired) electrons. The van der Waals surface area contributed by atoms with Crippen molar-refractivity contribution in [3.63, 3.8) is 0 Å². The van der Waals surface area contributed by atoms with E-state index in [9.17, 15) is 0 Å². The van der Waals surface area contributed by atoms with Gasteiger partial charge in [-0.3, -0.25) is 10.8 Å². The van der Waals surface area contributed by atoms with Crippen molar-refractivity contribution in [2.45, 2.75) is 6.54 Å². The number of hydrogen-bond acceptors (Lipinski definition) is 3. The van der Waals surface area contributed by atoms with Crippen molar-refractivity contribution < 1.29 is 0 Å². The highest BCUT2D eigenvalue weighted by atomic mass is 15.4. The molecule has 0 aliphatic heterocycles. The molecular weight excluding hydrogens is 126 g/mol. The maximum Gasteiger partial charge on any atom is 0.0391 e. The molecule has 0 aliphatic carbocycles. The molecule has 0 spiro atoms. The Balaban J connectivity index is 2.59. The fourth-order valence-electron chi connectivity index (χ4n) is 0.780. The van der Waals surface area contributed by atoms with Crippen molar-refractivity contribution in [1.29, 1.82) is 0 Å². The highest BCUT2D eigenvalue weighted by Crippen LogP contribution is 1.96. The van der Waals surface area contributed by atoms with Gasteiger partial charge in [-0.05, 0) is 11.6 Å². The van der Waals surface area contributed by atoms with Crippen LogP contribution in [0.2, 0.25) is 0 Å². The number of aromatic nitrogens is 1. The SMILES string of the molecule is CN(N)Cc1cccnc1. The van der Waals surface area contributed by atoms with Gasteiger partial charge in [0.05, 0.1) is 0 Å². The third kappa shape index (κ3) is 2.13. The predicted octanol–water partition coefficient (Wildman–Crippen LogP) is 0.387. The van der Waals surface area contributed by atoms with E-state index in [0.29, 0.717) is 0 Å². The van der Waals surface area contributed by atoms with Crippen molar-refractivity contribution in [3.8, 4) is 0 Å². The monoisotopic (exact) mass is 137 g/mol. The molecule has 0 aliphatic rings. The minimum absolute atomic E-state index is 0.744. The first-order valence-corrected chi connectivity index (χ1v) is 3.14. The molecule has 1 aromatic rings. The van der Waals surface area contributed by atoms with Crippen molar-refractivity contribution in [2.75, 3.05) is 7.05 Å². The molecule has 0 unspecified atom stereocenters. The van der Waals surface area contributed by atoms with Crippen LogP contribution in [0.25, 0.3) is 0 Å². The first kappa shape index (κ1) is 7.18. The third-order valence-corrected chi connectivity index (χ3v) is 1.15. The smallest absolute Gasteiger partial charge is 0.0391 e. The Hall–Kier alpha value is -0.930. The van der Waals surface area contributed by atoms with Crippen LogP contribution in [0.4, 0.5) is 0 Å². The number of pyridine rings is 1. The summed E-state index contributed by atoms with van der Waals surface area (Å²) in [4.78, 5) is 3.96. The van der Waals surface area contributed by atoms with Gasteiger partial charge in [-0.1, -0.05) is 6.07 Å². The van der Waals surface area contributed by atoms with Crippen LogP contribution in [0.5, 0.6) is 0 Å². The van der Waals surface area contributed by atoms with Gasteiger partial charge in [-0.25, -0.2) is 5.01 Å². The topological polar surface area (TPSA) is 42.1 Å². The van der Waals surface area contributed by atoms with E-state index < -0.39 is 0 Å². The fourth-order valence-corrected chi connectivity index (χ4v) is 0.780. The summed E-state index contributed by atoms with van der Waals surface area (Å²) in [7, 11) is 1.83. The average molecular weight is 137 g/mol. The van der Waals surface area contributed by atoms with E-state index in [1.165, 1.54) is 0 Å². The molecule has 2 N–H and O–H groups in total. The summed E-state index contributed by atoms with van der Waals surface area (Å²) >= 11 is 0. The Morgan fingerprint density at radius 2 is 2.50 bits per heavy atom. The van der Waals surface area contributed by atoms with Crippen molar-refractivity contribution >= 4 is 0 Å². The summed E-state index contributed by atoms with van der Waals surface area (Å²) in [6.45, 7) is 0.744. The molecule has 0 atom stereocenters. The van der Waals surface area contributed by atoms with Gasteiger partial charge < -0.3 is 0 Å². The molecule has 1 rings (SSSR count). The summed E-state index contributed by atoms with van der Waals surface area (Å²) in [5.41, 5.74) is 1.13. The normalized spacial score (nSPS) is 10.3. The molecule has 0 saturated heterocycles. The lowest BCUT2D eigenvalue weighted by Gasteiger charge is -2.07. The Morgan fingerprint density at radius 1 is 1.70 bits per heavy atom. The molecule has 0 fully saturated rings. The molecule has 0 aromatic carbocycles. The van der Waals surface area contributed by atoms with Gasteiger partial charge in [0.25, 0.3) is 0 Å². The van der Waals surface area contributed by atoms with Crippen LogP contribution in [0, 0.1) is 0 Å². The molecule has 0 amide bonds. The zero-order valence-corrected chi connectivity index (χ0v) is 5.99. The van der Waals surface area contributed by atoms with Crippen LogP contribution in [0.15, 0.2) is 24.5 Å². The van der Waals surface area contributed by atoms with Gasteiger partial charge >= 0.3 is 0 Å². The van der Waals surface area contributed by atoms with Crippen LogP contribution in [0.3, 0.4) is 0 Å². The third-order valence-electron chi connectivity index (χ3n) is 1.15. The van der Waals surface area contributed by atoms with Gasteiger partial charge in [-0.2, -0.15) is 0 Å². The maximum absolute atomic E-state index is 5.43. The second-order valence-corrected chi connectivity index (χ2v) is 2.28. The van der Waals surface area contributed by atoms with Crippen molar-refractivity contribution in [2.24, 2.45) is 5.84 Å². The summed E-state index contributed by atoms with van der Waals surface area (Å²) in [6, 6.07) is 3.90. The first-order valence-electron chi connectivity index (χ1n) is 3.14. The van der Waals surface area contributed by atoms with Gasteiger partial charge in [0, 0.05) is 26.0 Å². The Morgan fingerprint density at radius 3 is 3.00 bits per heavy atom. The van der Waals surface area contributed by atoms with Gasteiger partial charge in [-0.15, -0.1) is 0 Å². The molecule has 0 bridgehead atoms. The number of nitrogens with two attached hydrogens (primary N) is 1. The van der Waals surface area contributed by atoms with E-state index in [4.69, 9.17) is 5.84 Å². The van der Waals surface area contributed by atoms with E-state index >= 15 is 0 Å². The largest absolute Gasteiger partial charge is 0.269 e. The van der Waals surface area contributed by atoms with Crippen LogP contribution >= 0.6 is 0 Å². The van der Waals surface area contributed by atoms with E-state index in [0.717, 1.165) is 12.1 Å². The lowest BCUT2D eigenvalue weighted by Crippen LogP contribution is -2.24. The predicted molar refractivity (Wildman–Crippen MR) is 39.9 cm³/mol. The number of hydrogen-bond donors (Lipinski definition) is 1. The second-order valence-electron chi connectivity index (χ2n) is 2.28. The highest BCUT2D eigenvalue weighted by molar-refractivity contribution is 5.07. The fraction of sp³-hybridized carbons (Fsp3) is 0.286. The van der Waals surface area contributed by atoms with Gasteiger partial charge in [0.1, 0.15) is 0 Å². The molecular formula is C7H11N3. The zero-order chi connectivity index (χ0) is 7.40. The van der Waals surface area contributed by atoms with Crippen LogP contribution in [-0.4, -0.2) is 17.0 Å². The van der Waals surface area contributed by atoms with Crippen molar-refractivity contribution in [3.05, 3.63) is 30.1 Å². The van der Waals surface area contributed by atoms with Crippen LogP contribution in [0.1, 0.15) is 5.56 Å². The summed E-state index contributed by atoms with van der Waals surface area (Å²) in [5, 5.41) is 1.62. The molecule has 0 saturated carbocycles. The number of rotatable bonds is 2. The summed E-state index contributed by atoms with van der Waals surface area (Å²) in [6.07, 6.45) is 3.56. The van der Waals surface area contributed by atoms with E-state index in [-0.39, 0.29) is 0 Å². The minimum atomic E-state index is 0.744. The number of nitrogens with zero attached hydrogens (tertiary/aromatic N) is 2. The zero-order valence-electron chi connectivity index (χ0n) is 5.99. The minimum Gasteiger partial charge on any atom is -0.269 e. The van der Waals surface area contributed by atoms with E-state index in [2.05, 4.69) is 4.98 Å². The maximum atomic E-state index is 5.43. The highest BCUT2D eigenvalue weighted by Gasteiger charge is 1.91. The lowest BCUT2D eigenvalue weighted by molar-refractivity contribution is 0.341. The van der Waals surface area contributed by atoms with Crippen molar-refractivity contribution in [1.82, 2.24) is 9.99 Å². The molecule has 1 aromatic heterocycles. The summed E-state index contributed by atoms with van der Waals surface area (Å²) < 4.78 is 0. The molecule has 3 heteroatoms. The second kappa shape index (κ2) is 3.29. The molecule has 1 heterocycles. The Labute approximate surface area is 60.5 Å². The summed E-state index contributed by atoms with van der Waals surface area (Å²) in [5.74, 6) is 5.43. The van der Waals surface area contributed by atoms with Gasteiger partial charge in [0.2, 0.25) is 0 Å². The molecule has 10 heavy (non-hydrogen) atoms. The van der Waals surface area contributed by atoms with E-state index in [1.54, 1.807) is 11.2 Å². The van der Waals surface area contributed by atoms with Crippen LogP contribution < -0.4 is 5.84 Å². The quantitative estimate of drug-likeness (QED) is 0.473. The Kier molecular flexibility index (Phi) is 2.36. The first-order chi connectivity index (χ1) is 4.79.